The molecule has 2 heterocycles. The van der Waals surface area contributed by atoms with Gasteiger partial charge in [0.25, 0.3) is 5.56 Å². The fraction of sp³-hybridized carbons (Fsp3) is 0.0769. The van der Waals surface area contributed by atoms with E-state index in [1.165, 1.54) is 7.05 Å². The molecule has 3 aromatic rings. The molecule has 3 rings (SSSR count). The van der Waals surface area contributed by atoms with Gasteiger partial charge in [-0.05, 0) is 6.07 Å². The summed E-state index contributed by atoms with van der Waals surface area (Å²) in [6.45, 7) is 0. The number of fused-ring (bicyclic) bond motifs is 1. The highest BCUT2D eigenvalue weighted by Gasteiger charge is 2.16. The number of rotatable bonds is 1. The van der Waals surface area contributed by atoms with E-state index >= 15 is 0 Å². The molecule has 0 amide bonds. The van der Waals surface area contributed by atoms with Gasteiger partial charge in [0.1, 0.15) is 5.69 Å². The van der Waals surface area contributed by atoms with E-state index in [1.807, 2.05) is 0 Å². The van der Waals surface area contributed by atoms with E-state index < -0.39 is 17.1 Å². The Balaban J connectivity index is 2.43. The summed E-state index contributed by atoms with van der Waals surface area (Å²) in [5, 5.41) is 10.4. The largest absolute Gasteiger partial charge is 0.492 e. The number of hydrogen-bond acceptors (Lipinski definition) is 5. The smallest absolute Gasteiger partial charge is 0.329 e. The molecular formula is C13H9ClN4O3. The molecule has 8 heteroatoms. The quantitative estimate of drug-likeness (QED) is 0.699. The first-order chi connectivity index (χ1) is 9.99. The number of H-pyrrole nitrogens is 1. The number of aromatic amines is 1. The van der Waals surface area contributed by atoms with Gasteiger partial charge in [-0.3, -0.25) is 14.3 Å². The molecule has 0 radical (unpaired) electrons. The van der Waals surface area contributed by atoms with E-state index in [2.05, 4.69) is 15.0 Å². The first-order valence-electron chi connectivity index (χ1n) is 5.94. The van der Waals surface area contributed by atoms with Crippen molar-refractivity contribution in [3.8, 4) is 17.1 Å². The second-order valence-corrected chi connectivity index (χ2v) is 4.77. The van der Waals surface area contributed by atoms with Gasteiger partial charge in [0.2, 0.25) is 5.88 Å². The van der Waals surface area contributed by atoms with Crippen LogP contribution in [0.15, 0.2) is 33.9 Å². The molecule has 0 aliphatic carbocycles. The standard InChI is InChI=1S/C13H9ClN4O3/c1-18-10-9(12(20)17-13(18)21)15-8(11(19)16-10)6-4-2-3-5-7(6)14/h2-5H,1H3,(H,16,19)(H,17,20,21). The topological polar surface area (TPSA) is 101 Å². The number of aromatic hydroxyl groups is 1. The van der Waals surface area contributed by atoms with E-state index in [9.17, 15) is 14.7 Å². The average Bonchev–Trinajstić information content (AvgIpc) is 2.45. The van der Waals surface area contributed by atoms with Gasteiger partial charge < -0.3 is 5.11 Å². The Morgan fingerprint density at radius 3 is 2.67 bits per heavy atom. The lowest BCUT2D eigenvalue weighted by atomic mass is 10.1. The van der Waals surface area contributed by atoms with Crippen molar-refractivity contribution in [2.45, 2.75) is 0 Å². The van der Waals surface area contributed by atoms with Crippen LogP contribution in [0.4, 0.5) is 0 Å². The third kappa shape index (κ3) is 2.07. The lowest BCUT2D eigenvalue weighted by molar-refractivity contribution is 0.454. The SMILES string of the molecule is Cn1c(=O)[nH]c(=O)c2nc(-c3ccccc3Cl)c(O)nc21. The fourth-order valence-corrected chi connectivity index (χ4v) is 2.20. The highest BCUT2D eigenvalue weighted by molar-refractivity contribution is 6.33. The molecule has 0 aliphatic rings. The average molecular weight is 305 g/mol. The predicted molar refractivity (Wildman–Crippen MR) is 77.5 cm³/mol. The molecule has 2 N–H and O–H groups in total. The summed E-state index contributed by atoms with van der Waals surface area (Å²) in [4.78, 5) is 33.5. The zero-order chi connectivity index (χ0) is 15.1. The van der Waals surface area contributed by atoms with E-state index in [1.54, 1.807) is 24.3 Å². The number of halogens is 1. The predicted octanol–water partition coefficient (Wildman–Crippen LogP) is 1.04. The van der Waals surface area contributed by atoms with Crippen molar-refractivity contribution in [1.82, 2.24) is 19.5 Å². The van der Waals surface area contributed by atoms with Crippen LogP contribution in [0, 0.1) is 0 Å². The first kappa shape index (κ1) is 13.3. The van der Waals surface area contributed by atoms with E-state index in [0.29, 0.717) is 10.6 Å². The van der Waals surface area contributed by atoms with Crippen LogP contribution in [0.5, 0.6) is 5.88 Å². The summed E-state index contributed by atoms with van der Waals surface area (Å²) in [7, 11) is 1.42. The number of aryl methyl sites for hydroxylation is 1. The van der Waals surface area contributed by atoms with Crippen LogP contribution in [-0.2, 0) is 7.05 Å². The molecule has 0 saturated carbocycles. The van der Waals surface area contributed by atoms with Crippen molar-refractivity contribution in [3.63, 3.8) is 0 Å². The molecule has 2 aromatic heterocycles. The highest BCUT2D eigenvalue weighted by atomic mass is 35.5. The summed E-state index contributed by atoms with van der Waals surface area (Å²) in [5.41, 5.74) is -0.834. The number of hydrogen-bond donors (Lipinski definition) is 2. The van der Waals surface area contributed by atoms with E-state index in [0.717, 1.165) is 4.57 Å². The summed E-state index contributed by atoms with van der Waals surface area (Å²) in [5.74, 6) is -0.406. The van der Waals surface area contributed by atoms with Gasteiger partial charge in [-0.25, -0.2) is 9.78 Å². The monoisotopic (exact) mass is 304 g/mol. The summed E-state index contributed by atoms with van der Waals surface area (Å²) in [6, 6.07) is 6.73. The number of benzene rings is 1. The van der Waals surface area contributed by atoms with Crippen molar-refractivity contribution in [2.24, 2.45) is 7.05 Å². The molecule has 0 bridgehead atoms. The fourth-order valence-electron chi connectivity index (χ4n) is 1.97. The molecule has 0 aliphatic heterocycles. The van der Waals surface area contributed by atoms with Gasteiger partial charge in [0.05, 0.1) is 5.02 Å². The molecule has 7 nitrogen and oxygen atoms in total. The van der Waals surface area contributed by atoms with Gasteiger partial charge in [-0.15, -0.1) is 0 Å². The lowest BCUT2D eigenvalue weighted by Crippen LogP contribution is -2.29. The molecule has 0 saturated heterocycles. The van der Waals surface area contributed by atoms with Crippen LogP contribution in [0.3, 0.4) is 0 Å². The first-order valence-corrected chi connectivity index (χ1v) is 6.32. The van der Waals surface area contributed by atoms with Gasteiger partial charge >= 0.3 is 5.69 Å². The molecule has 0 fully saturated rings. The molecule has 0 atom stereocenters. The Morgan fingerprint density at radius 1 is 1.24 bits per heavy atom. The third-order valence-corrected chi connectivity index (χ3v) is 3.38. The van der Waals surface area contributed by atoms with Crippen LogP contribution in [0.25, 0.3) is 22.4 Å². The minimum Gasteiger partial charge on any atom is -0.492 e. The van der Waals surface area contributed by atoms with Crippen LogP contribution in [0.2, 0.25) is 5.02 Å². The number of nitrogens with zero attached hydrogens (tertiary/aromatic N) is 3. The van der Waals surface area contributed by atoms with Crippen LogP contribution < -0.4 is 11.2 Å². The maximum atomic E-state index is 11.8. The van der Waals surface area contributed by atoms with Crippen molar-refractivity contribution < 1.29 is 5.11 Å². The molecular weight excluding hydrogens is 296 g/mol. The molecule has 21 heavy (non-hydrogen) atoms. The molecule has 0 spiro atoms. The van der Waals surface area contributed by atoms with Crippen LogP contribution >= 0.6 is 11.6 Å². The number of nitrogens with one attached hydrogen (secondary N) is 1. The van der Waals surface area contributed by atoms with Crippen molar-refractivity contribution in [2.75, 3.05) is 0 Å². The van der Waals surface area contributed by atoms with E-state index in [4.69, 9.17) is 11.6 Å². The van der Waals surface area contributed by atoms with Gasteiger partial charge in [0.15, 0.2) is 11.2 Å². The Bertz CT molecular complexity index is 977. The Hall–Kier alpha value is -2.67. The van der Waals surface area contributed by atoms with Crippen molar-refractivity contribution >= 4 is 22.8 Å². The van der Waals surface area contributed by atoms with Crippen LogP contribution in [-0.4, -0.2) is 24.6 Å². The van der Waals surface area contributed by atoms with Crippen molar-refractivity contribution in [1.29, 1.82) is 0 Å². The second-order valence-electron chi connectivity index (χ2n) is 4.37. The van der Waals surface area contributed by atoms with Crippen molar-refractivity contribution in [3.05, 3.63) is 50.1 Å². The normalized spacial score (nSPS) is 11.0. The minimum absolute atomic E-state index is 0.00273. The Morgan fingerprint density at radius 2 is 1.95 bits per heavy atom. The molecule has 1 aromatic carbocycles. The van der Waals surface area contributed by atoms with Gasteiger partial charge in [0, 0.05) is 12.6 Å². The zero-order valence-corrected chi connectivity index (χ0v) is 11.5. The lowest BCUT2D eigenvalue weighted by Gasteiger charge is -2.08. The van der Waals surface area contributed by atoms with Gasteiger partial charge in [-0.1, -0.05) is 29.8 Å². The maximum Gasteiger partial charge on any atom is 0.329 e. The zero-order valence-electron chi connectivity index (χ0n) is 10.8. The highest BCUT2D eigenvalue weighted by Crippen LogP contribution is 2.31. The molecule has 0 unspecified atom stereocenters. The second kappa shape index (κ2) is 4.71. The van der Waals surface area contributed by atoms with Crippen LogP contribution in [0.1, 0.15) is 0 Å². The third-order valence-electron chi connectivity index (χ3n) is 3.05. The summed E-state index contributed by atoms with van der Waals surface area (Å²) < 4.78 is 1.10. The summed E-state index contributed by atoms with van der Waals surface area (Å²) in [6.07, 6.45) is 0. The van der Waals surface area contributed by atoms with E-state index in [-0.39, 0.29) is 16.9 Å². The maximum absolute atomic E-state index is 11.8. The molecule has 106 valence electrons. The summed E-state index contributed by atoms with van der Waals surface area (Å²) >= 11 is 6.06. The number of aromatic nitrogens is 4. The minimum atomic E-state index is -0.672. The Labute approximate surface area is 122 Å². The Kier molecular flexibility index (Phi) is 2.99. The van der Waals surface area contributed by atoms with Gasteiger partial charge in [-0.2, -0.15) is 4.98 Å².